The number of hydrogen-bond donors (Lipinski definition) is 2. The molecule has 1 aromatic carbocycles. The van der Waals surface area contributed by atoms with Crippen molar-refractivity contribution in [3.05, 3.63) is 64.9 Å². The molecular formula is C26H24FN3O5. The molecule has 1 amide bonds. The minimum Gasteiger partial charge on any atom is -0.504 e. The maximum atomic E-state index is 13.2. The van der Waals surface area contributed by atoms with E-state index >= 15 is 0 Å². The molecule has 1 aliphatic rings. The summed E-state index contributed by atoms with van der Waals surface area (Å²) in [5.41, 5.74) is 1.61. The molecule has 0 spiro atoms. The van der Waals surface area contributed by atoms with Gasteiger partial charge in [0.1, 0.15) is 29.7 Å². The molecule has 1 aliphatic heterocycles. The minimum atomic E-state index is -0.810. The predicted molar refractivity (Wildman–Crippen MR) is 125 cm³/mol. The third-order valence-corrected chi connectivity index (χ3v) is 5.83. The number of rotatable bonds is 4. The van der Waals surface area contributed by atoms with Gasteiger partial charge in [-0.2, -0.15) is 0 Å². The smallest absolute Gasteiger partial charge is 0.361 e. The van der Waals surface area contributed by atoms with Gasteiger partial charge >= 0.3 is 5.97 Å². The van der Waals surface area contributed by atoms with Crippen molar-refractivity contribution in [2.75, 3.05) is 19.7 Å². The molecule has 0 radical (unpaired) electrons. The number of aliphatic hydroxyl groups is 1. The average Bonchev–Trinajstić information content (AvgIpc) is 2.85. The normalized spacial score (nSPS) is 13.9. The molecular weight excluding hydrogens is 453 g/mol. The lowest BCUT2D eigenvalue weighted by molar-refractivity contribution is -0.130. The first-order valence-electron chi connectivity index (χ1n) is 11.2. The second-order valence-electron chi connectivity index (χ2n) is 8.27. The van der Waals surface area contributed by atoms with Crippen molar-refractivity contribution in [1.29, 1.82) is 0 Å². The van der Waals surface area contributed by atoms with Crippen LogP contribution < -0.4 is 0 Å². The average molecular weight is 477 g/mol. The second-order valence-corrected chi connectivity index (χ2v) is 8.27. The summed E-state index contributed by atoms with van der Waals surface area (Å²) in [5.74, 6) is 3.64. The number of esters is 1. The highest BCUT2D eigenvalue weighted by molar-refractivity contribution is 5.99. The number of hydrogen-bond acceptors (Lipinski definition) is 7. The van der Waals surface area contributed by atoms with Crippen LogP contribution in [0, 0.1) is 17.7 Å². The Morgan fingerprint density at radius 1 is 1.20 bits per heavy atom. The quantitative estimate of drug-likeness (QED) is 0.439. The van der Waals surface area contributed by atoms with Gasteiger partial charge in [-0.05, 0) is 41.7 Å². The standard InChI is InChI=1S/C26H24FN3O5/c1-16(32)30-10-8-20(9-11-30)35-26(34)24-25(33)23-21(22(29-24)3-2-12-31)14-18(15-28-23)13-17-4-6-19(27)7-5-17/h4-7,14-15,20,31,33H,8-13H2,1H3. The van der Waals surface area contributed by atoms with Crippen molar-refractivity contribution in [2.24, 2.45) is 0 Å². The number of fused-ring (bicyclic) bond motifs is 1. The van der Waals surface area contributed by atoms with Gasteiger partial charge in [-0.3, -0.25) is 9.78 Å². The number of halogens is 1. The number of nitrogens with zero attached hydrogens (tertiary/aromatic N) is 3. The Morgan fingerprint density at radius 3 is 2.57 bits per heavy atom. The maximum Gasteiger partial charge on any atom is 0.361 e. The molecule has 0 unspecified atom stereocenters. The first-order valence-corrected chi connectivity index (χ1v) is 11.2. The molecule has 8 nitrogen and oxygen atoms in total. The largest absolute Gasteiger partial charge is 0.504 e. The van der Waals surface area contributed by atoms with Crippen LogP contribution in [0.5, 0.6) is 5.75 Å². The lowest BCUT2D eigenvalue weighted by atomic mass is 10.0. The molecule has 1 saturated heterocycles. The van der Waals surface area contributed by atoms with Crippen molar-refractivity contribution in [3.8, 4) is 17.6 Å². The fraction of sp³-hybridized carbons (Fsp3) is 0.308. The molecule has 0 saturated carbocycles. The van der Waals surface area contributed by atoms with E-state index in [2.05, 4.69) is 21.8 Å². The molecule has 35 heavy (non-hydrogen) atoms. The lowest BCUT2D eigenvalue weighted by Crippen LogP contribution is -2.40. The van der Waals surface area contributed by atoms with E-state index < -0.39 is 24.4 Å². The SMILES string of the molecule is CC(=O)N1CCC(OC(=O)c2nc(C#CCO)c3cc(Cc4ccc(F)cc4)cnc3c2O)CC1. The second kappa shape index (κ2) is 10.5. The Balaban J connectivity index is 1.63. The Kier molecular flexibility index (Phi) is 7.22. The molecule has 0 bridgehead atoms. The van der Waals surface area contributed by atoms with Crippen molar-refractivity contribution in [3.63, 3.8) is 0 Å². The maximum absolute atomic E-state index is 13.2. The number of carbonyl (C=O) groups excluding carboxylic acids is 2. The van der Waals surface area contributed by atoms with E-state index in [4.69, 9.17) is 9.84 Å². The van der Waals surface area contributed by atoms with Crippen LogP contribution >= 0.6 is 0 Å². The van der Waals surface area contributed by atoms with E-state index in [1.54, 1.807) is 29.3 Å². The summed E-state index contributed by atoms with van der Waals surface area (Å²) < 4.78 is 18.8. The Bertz CT molecular complexity index is 1320. The van der Waals surface area contributed by atoms with E-state index in [1.807, 2.05) is 0 Å². The Hall–Kier alpha value is -4.03. The fourth-order valence-corrected chi connectivity index (χ4v) is 4.01. The van der Waals surface area contributed by atoms with Gasteiger partial charge in [0.2, 0.25) is 5.91 Å². The zero-order valence-corrected chi connectivity index (χ0v) is 19.1. The molecule has 0 atom stereocenters. The summed E-state index contributed by atoms with van der Waals surface area (Å²) in [4.78, 5) is 34.6. The topological polar surface area (TPSA) is 113 Å². The van der Waals surface area contributed by atoms with Gasteiger partial charge in [0.05, 0.1) is 0 Å². The van der Waals surface area contributed by atoms with Crippen LogP contribution in [-0.2, 0) is 16.0 Å². The van der Waals surface area contributed by atoms with E-state index in [-0.39, 0.29) is 28.6 Å². The predicted octanol–water partition coefficient (Wildman–Crippen LogP) is 2.58. The molecule has 3 heterocycles. The number of carbonyl (C=O) groups is 2. The van der Waals surface area contributed by atoms with Crippen LogP contribution in [0.15, 0.2) is 36.5 Å². The van der Waals surface area contributed by atoms with Gasteiger partial charge < -0.3 is 19.8 Å². The van der Waals surface area contributed by atoms with Gasteiger partial charge in [-0.25, -0.2) is 14.2 Å². The van der Waals surface area contributed by atoms with Gasteiger partial charge in [-0.15, -0.1) is 0 Å². The van der Waals surface area contributed by atoms with Crippen molar-refractivity contribution in [1.82, 2.24) is 14.9 Å². The molecule has 2 aromatic heterocycles. The van der Waals surface area contributed by atoms with Gasteiger partial charge in [0, 0.05) is 44.4 Å². The van der Waals surface area contributed by atoms with Gasteiger partial charge in [0.25, 0.3) is 0 Å². The summed E-state index contributed by atoms with van der Waals surface area (Å²) in [6, 6.07) is 7.82. The van der Waals surface area contributed by atoms with Crippen molar-refractivity contribution < 1.29 is 28.9 Å². The van der Waals surface area contributed by atoms with Crippen LogP contribution in [0.2, 0.25) is 0 Å². The molecule has 3 aromatic rings. The van der Waals surface area contributed by atoms with Gasteiger partial charge in [0.15, 0.2) is 11.4 Å². The number of benzene rings is 1. The minimum absolute atomic E-state index is 0.0272. The van der Waals surface area contributed by atoms with Crippen molar-refractivity contribution in [2.45, 2.75) is 32.3 Å². The number of piperidine rings is 1. The van der Waals surface area contributed by atoms with Crippen LogP contribution in [-0.4, -0.2) is 62.8 Å². The number of likely N-dealkylation sites (tertiary alicyclic amines) is 1. The molecule has 1 fully saturated rings. The van der Waals surface area contributed by atoms with Crippen LogP contribution in [0.25, 0.3) is 10.9 Å². The summed E-state index contributed by atoms with van der Waals surface area (Å²) in [6.07, 6.45) is 2.58. The highest BCUT2D eigenvalue weighted by Gasteiger charge is 2.27. The summed E-state index contributed by atoms with van der Waals surface area (Å²) in [7, 11) is 0. The molecule has 4 rings (SSSR count). The molecule has 180 valence electrons. The number of ether oxygens (including phenoxy) is 1. The molecule has 9 heteroatoms. The van der Waals surface area contributed by atoms with E-state index in [0.717, 1.165) is 11.1 Å². The summed E-state index contributed by atoms with van der Waals surface area (Å²) in [5, 5.41) is 20.4. The first-order chi connectivity index (χ1) is 16.9. The summed E-state index contributed by atoms with van der Waals surface area (Å²) >= 11 is 0. The van der Waals surface area contributed by atoms with E-state index in [1.165, 1.54) is 19.1 Å². The van der Waals surface area contributed by atoms with Crippen LogP contribution in [0.3, 0.4) is 0 Å². The zero-order valence-electron chi connectivity index (χ0n) is 19.1. The summed E-state index contributed by atoms with van der Waals surface area (Å²) in [6.45, 7) is 2.05. The molecule has 2 N–H and O–H groups in total. The van der Waals surface area contributed by atoms with Crippen LogP contribution in [0.1, 0.15) is 47.1 Å². The van der Waals surface area contributed by atoms with Gasteiger partial charge in [-0.1, -0.05) is 18.1 Å². The molecule has 0 aliphatic carbocycles. The monoisotopic (exact) mass is 477 g/mol. The number of aromatic nitrogens is 2. The third-order valence-electron chi connectivity index (χ3n) is 5.83. The van der Waals surface area contributed by atoms with E-state index in [9.17, 15) is 19.1 Å². The third kappa shape index (κ3) is 5.55. The van der Waals surface area contributed by atoms with E-state index in [0.29, 0.717) is 37.7 Å². The highest BCUT2D eigenvalue weighted by atomic mass is 19.1. The number of amides is 1. The lowest BCUT2D eigenvalue weighted by Gasteiger charge is -2.30. The zero-order chi connectivity index (χ0) is 24.9. The Morgan fingerprint density at radius 2 is 1.91 bits per heavy atom. The number of aromatic hydroxyl groups is 1. The number of aliphatic hydroxyl groups excluding tert-OH is 1. The van der Waals surface area contributed by atoms with Crippen molar-refractivity contribution >= 4 is 22.8 Å². The number of pyridine rings is 2. The first kappa shape index (κ1) is 24.1. The highest BCUT2D eigenvalue weighted by Crippen LogP contribution is 2.30. The van der Waals surface area contributed by atoms with Crippen LogP contribution in [0.4, 0.5) is 4.39 Å². The Labute approximate surface area is 201 Å². The fourth-order valence-electron chi connectivity index (χ4n) is 4.01.